The van der Waals surface area contributed by atoms with Crippen molar-refractivity contribution in [2.75, 3.05) is 0 Å². The molecule has 1 aliphatic rings. The van der Waals surface area contributed by atoms with Crippen LogP contribution in [0.25, 0.3) is 6.08 Å². The second-order valence-electron chi connectivity index (χ2n) is 5.32. The van der Waals surface area contributed by atoms with Crippen LogP contribution in [0, 0.1) is 13.8 Å². The van der Waals surface area contributed by atoms with Crippen LogP contribution in [0.3, 0.4) is 0 Å². The van der Waals surface area contributed by atoms with Crippen LogP contribution >= 0.6 is 0 Å². The lowest BCUT2D eigenvalue weighted by Gasteiger charge is -2.27. The van der Waals surface area contributed by atoms with Gasteiger partial charge >= 0.3 is 0 Å². The quantitative estimate of drug-likeness (QED) is 0.806. The Bertz CT molecular complexity index is 640. The summed E-state index contributed by atoms with van der Waals surface area (Å²) < 4.78 is 0. The Morgan fingerprint density at radius 1 is 0.947 bits per heavy atom. The Kier molecular flexibility index (Phi) is 3.00. The Hall–Kier alpha value is -1.86. The van der Waals surface area contributed by atoms with Crippen molar-refractivity contribution in [2.45, 2.75) is 25.9 Å². The van der Waals surface area contributed by atoms with Crippen LogP contribution in [0.1, 0.15) is 39.8 Å². The lowest BCUT2D eigenvalue weighted by Crippen LogP contribution is -2.14. The van der Waals surface area contributed by atoms with Gasteiger partial charge in [0.2, 0.25) is 0 Å². The zero-order valence-electron chi connectivity index (χ0n) is 11.3. The molecule has 1 N–H and O–H groups in total. The average molecular weight is 250 g/mol. The molecule has 0 aliphatic heterocycles. The first-order valence-electron chi connectivity index (χ1n) is 6.69. The van der Waals surface area contributed by atoms with Gasteiger partial charge in [-0.3, -0.25) is 0 Å². The molecule has 96 valence electrons. The predicted molar refractivity (Wildman–Crippen MR) is 79.1 cm³/mol. The van der Waals surface area contributed by atoms with Gasteiger partial charge < -0.3 is 5.11 Å². The molecule has 19 heavy (non-hydrogen) atoms. The van der Waals surface area contributed by atoms with Crippen molar-refractivity contribution in [3.8, 4) is 0 Å². The Morgan fingerprint density at radius 3 is 2.53 bits per heavy atom. The molecular formula is C18H18O. The van der Waals surface area contributed by atoms with Gasteiger partial charge in [0.25, 0.3) is 0 Å². The summed E-state index contributed by atoms with van der Waals surface area (Å²) in [5.74, 6) is 0.0514. The maximum Gasteiger partial charge on any atom is 0.0899 e. The molecule has 0 amide bonds. The number of hydrogen-bond donors (Lipinski definition) is 1. The van der Waals surface area contributed by atoms with Crippen LogP contribution in [0.4, 0.5) is 0 Å². The molecule has 1 heteroatoms. The number of hydrogen-bond acceptors (Lipinski definition) is 1. The first-order valence-corrected chi connectivity index (χ1v) is 6.69. The number of fused-ring (bicyclic) bond motifs is 1. The van der Waals surface area contributed by atoms with Crippen molar-refractivity contribution in [2.24, 2.45) is 0 Å². The van der Waals surface area contributed by atoms with Crippen LogP contribution in [-0.4, -0.2) is 5.11 Å². The Balaban J connectivity index is 2.05. The average Bonchev–Trinajstić information content (AvgIpc) is 2.41. The molecular weight excluding hydrogens is 232 g/mol. The van der Waals surface area contributed by atoms with Crippen LogP contribution in [0.2, 0.25) is 0 Å². The minimum atomic E-state index is -0.456. The third-order valence-electron chi connectivity index (χ3n) is 3.92. The maximum absolute atomic E-state index is 10.6. The van der Waals surface area contributed by atoms with E-state index in [9.17, 15) is 5.11 Å². The lowest BCUT2D eigenvalue weighted by molar-refractivity contribution is 0.160. The molecule has 2 aromatic rings. The zero-order chi connectivity index (χ0) is 13.4. The summed E-state index contributed by atoms with van der Waals surface area (Å²) in [5.41, 5.74) is 5.86. The van der Waals surface area contributed by atoms with Crippen LogP contribution in [-0.2, 0) is 0 Å². The van der Waals surface area contributed by atoms with Crippen LogP contribution in [0.15, 0.2) is 48.5 Å². The number of aryl methyl sites for hydroxylation is 2. The summed E-state index contributed by atoms with van der Waals surface area (Å²) in [7, 11) is 0. The largest absolute Gasteiger partial charge is 0.387 e. The molecule has 1 aliphatic carbocycles. The fraction of sp³-hybridized carbons (Fsp3) is 0.222. The van der Waals surface area contributed by atoms with Crippen molar-refractivity contribution < 1.29 is 5.11 Å². The van der Waals surface area contributed by atoms with Gasteiger partial charge in [-0.2, -0.15) is 0 Å². The highest BCUT2D eigenvalue weighted by atomic mass is 16.3. The van der Waals surface area contributed by atoms with E-state index in [1.165, 1.54) is 16.7 Å². The van der Waals surface area contributed by atoms with Crippen LogP contribution in [0.5, 0.6) is 0 Å². The molecule has 0 heterocycles. The van der Waals surface area contributed by atoms with E-state index in [0.717, 1.165) is 11.1 Å². The second kappa shape index (κ2) is 4.67. The fourth-order valence-electron chi connectivity index (χ4n) is 2.91. The maximum atomic E-state index is 10.6. The molecule has 2 unspecified atom stereocenters. The van der Waals surface area contributed by atoms with E-state index in [0.29, 0.717) is 0 Å². The van der Waals surface area contributed by atoms with Gasteiger partial charge in [-0.05, 0) is 36.1 Å². The minimum absolute atomic E-state index is 0.0514. The summed E-state index contributed by atoms with van der Waals surface area (Å²) >= 11 is 0. The molecule has 0 aromatic heterocycles. The van der Waals surface area contributed by atoms with Gasteiger partial charge in [0, 0.05) is 5.92 Å². The molecule has 3 rings (SSSR count). The highest BCUT2D eigenvalue weighted by molar-refractivity contribution is 5.60. The first kappa shape index (κ1) is 12.2. The van der Waals surface area contributed by atoms with Gasteiger partial charge in [0.05, 0.1) is 6.10 Å². The fourth-order valence-corrected chi connectivity index (χ4v) is 2.91. The second-order valence-corrected chi connectivity index (χ2v) is 5.32. The normalized spacial score (nSPS) is 21.2. The van der Waals surface area contributed by atoms with Gasteiger partial charge in [0.1, 0.15) is 0 Å². The van der Waals surface area contributed by atoms with E-state index in [1.54, 1.807) is 0 Å². The molecule has 1 nitrogen and oxygen atoms in total. The van der Waals surface area contributed by atoms with Crippen molar-refractivity contribution in [3.63, 3.8) is 0 Å². The van der Waals surface area contributed by atoms with E-state index < -0.39 is 6.10 Å². The van der Waals surface area contributed by atoms with Crippen molar-refractivity contribution in [3.05, 3.63) is 76.4 Å². The smallest absolute Gasteiger partial charge is 0.0899 e. The molecule has 0 saturated heterocycles. The lowest BCUT2D eigenvalue weighted by atomic mass is 9.81. The standard InChI is InChI=1S/C18H18O/c1-12-7-9-15(13(2)11-12)17-10-8-14-5-3-4-6-16(14)18(17)19/h3-11,17-19H,1-2H3. The van der Waals surface area contributed by atoms with Gasteiger partial charge in [-0.1, -0.05) is 60.2 Å². The summed E-state index contributed by atoms with van der Waals surface area (Å²) in [6.07, 6.45) is 3.78. The van der Waals surface area contributed by atoms with Crippen molar-refractivity contribution >= 4 is 6.08 Å². The summed E-state index contributed by atoms with van der Waals surface area (Å²) in [6.45, 7) is 4.21. The van der Waals surface area contributed by atoms with Crippen molar-refractivity contribution in [1.82, 2.24) is 0 Å². The molecule has 0 saturated carbocycles. The molecule has 0 fully saturated rings. The molecule has 2 atom stereocenters. The third kappa shape index (κ3) is 2.11. The predicted octanol–water partition coefficient (Wildman–Crippen LogP) is 4.15. The zero-order valence-corrected chi connectivity index (χ0v) is 11.3. The summed E-state index contributed by atoms with van der Waals surface area (Å²) in [6, 6.07) is 14.5. The van der Waals surface area contributed by atoms with E-state index in [2.05, 4.69) is 44.2 Å². The summed E-state index contributed by atoms with van der Waals surface area (Å²) in [5, 5.41) is 10.6. The van der Waals surface area contributed by atoms with Gasteiger partial charge in [-0.15, -0.1) is 0 Å². The van der Waals surface area contributed by atoms with E-state index in [1.807, 2.05) is 24.3 Å². The number of aliphatic hydroxyl groups is 1. The van der Waals surface area contributed by atoms with E-state index in [-0.39, 0.29) is 5.92 Å². The molecule has 0 bridgehead atoms. The topological polar surface area (TPSA) is 20.2 Å². The van der Waals surface area contributed by atoms with Gasteiger partial charge in [0.15, 0.2) is 0 Å². The first-order chi connectivity index (χ1) is 9.16. The summed E-state index contributed by atoms with van der Waals surface area (Å²) in [4.78, 5) is 0. The molecule has 2 aromatic carbocycles. The highest BCUT2D eigenvalue weighted by Gasteiger charge is 2.26. The third-order valence-corrected chi connectivity index (χ3v) is 3.92. The van der Waals surface area contributed by atoms with E-state index in [4.69, 9.17) is 0 Å². The highest BCUT2D eigenvalue weighted by Crippen LogP contribution is 2.39. The molecule has 0 radical (unpaired) electrons. The minimum Gasteiger partial charge on any atom is -0.387 e. The number of aliphatic hydroxyl groups excluding tert-OH is 1. The van der Waals surface area contributed by atoms with Crippen molar-refractivity contribution in [1.29, 1.82) is 0 Å². The number of benzene rings is 2. The van der Waals surface area contributed by atoms with E-state index >= 15 is 0 Å². The Morgan fingerprint density at radius 2 is 1.74 bits per heavy atom. The monoisotopic (exact) mass is 250 g/mol. The number of rotatable bonds is 1. The SMILES string of the molecule is Cc1ccc(C2C=Cc3ccccc3C2O)c(C)c1. The van der Waals surface area contributed by atoms with Gasteiger partial charge in [-0.25, -0.2) is 0 Å². The van der Waals surface area contributed by atoms with Crippen LogP contribution < -0.4 is 0 Å². The Labute approximate surface area is 114 Å². The molecule has 0 spiro atoms.